The van der Waals surface area contributed by atoms with Crippen molar-refractivity contribution in [3.8, 4) is 0 Å². The molecule has 0 unspecified atom stereocenters. The maximum absolute atomic E-state index is 12.1. The molecular weight excluding hydrogens is 220 g/mol. The third kappa shape index (κ3) is 7.18. The highest BCUT2D eigenvalue weighted by Gasteiger charge is 2.32. The van der Waals surface area contributed by atoms with E-state index in [4.69, 9.17) is 0 Å². The molecule has 0 aromatic rings. The van der Waals surface area contributed by atoms with Gasteiger partial charge in [0.2, 0.25) is 0 Å². The van der Waals surface area contributed by atoms with Crippen molar-refractivity contribution >= 4 is 5.78 Å². The summed E-state index contributed by atoms with van der Waals surface area (Å²) in [7, 11) is 0. The van der Waals surface area contributed by atoms with Crippen LogP contribution in [0.1, 0.15) is 86.5 Å². The lowest BCUT2D eigenvalue weighted by atomic mass is 9.69. The van der Waals surface area contributed by atoms with Gasteiger partial charge in [-0.2, -0.15) is 0 Å². The largest absolute Gasteiger partial charge is 0.300 e. The molecule has 108 valence electrons. The van der Waals surface area contributed by atoms with Gasteiger partial charge in [-0.15, -0.1) is 0 Å². The Bertz CT molecular complexity index is 218. The van der Waals surface area contributed by atoms with Crippen molar-refractivity contribution in [2.24, 2.45) is 17.3 Å². The van der Waals surface area contributed by atoms with Crippen molar-refractivity contribution in [1.82, 2.24) is 0 Å². The lowest BCUT2D eigenvalue weighted by Crippen LogP contribution is -2.27. The molecule has 0 aromatic heterocycles. The molecule has 0 fully saturated rings. The second-order valence-corrected chi connectivity index (χ2v) is 6.87. The summed E-state index contributed by atoms with van der Waals surface area (Å²) in [6, 6.07) is 0. The molecule has 0 atom stereocenters. The molecule has 1 nitrogen and oxygen atoms in total. The van der Waals surface area contributed by atoms with Crippen LogP contribution >= 0.6 is 0 Å². The first-order valence-corrected chi connectivity index (χ1v) is 7.87. The van der Waals surface area contributed by atoms with E-state index in [2.05, 4.69) is 41.5 Å². The van der Waals surface area contributed by atoms with Crippen LogP contribution in [0.4, 0.5) is 0 Å². The van der Waals surface area contributed by atoms with E-state index >= 15 is 0 Å². The summed E-state index contributed by atoms with van der Waals surface area (Å²) in [6.07, 6.45) is 7.30. The van der Waals surface area contributed by atoms with Crippen LogP contribution in [0, 0.1) is 17.3 Å². The molecule has 0 saturated heterocycles. The van der Waals surface area contributed by atoms with Gasteiger partial charge in [-0.25, -0.2) is 0 Å². The zero-order valence-corrected chi connectivity index (χ0v) is 13.5. The van der Waals surface area contributed by atoms with Crippen LogP contribution in [0.25, 0.3) is 0 Å². The van der Waals surface area contributed by atoms with Crippen LogP contribution in [0.2, 0.25) is 0 Å². The van der Waals surface area contributed by atoms with Crippen LogP contribution in [0.5, 0.6) is 0 Å². The summed E-state index contributed by atoms with van der Waals surface area (Å²) in [5.41, 5.74) is 0.257. The zero-order valence-electron chi connectivity index (χ0n) is 13.5. The van der Waals surface area contributed by atoms with Gasteiger partial charge in [-0.3, -0.25) is 4.79 Å². The third-order valence-corrected chi connectivity index (χ3v) is 3.81. The summed E-state index contributed by atoms with van der Waals surface area (Å²) < 4.78 is 0. The van der Waals surface area contributed by atoms with E-state index in [1.54, 1.807) is 0 Å². The lowest BCUT2D eigenvalue weighted by molar-refractivity contribution is -0.122. The number of Topliss-reactive ketones (excluding diaryl/α,β-unsaturated/α-hetero) is 1. The van der Waals surface area contributed by atoms with Crippen LogP contribution in [0.3, 0.4) is 0 Å². The molecule has 0 spiro atoms. The summed E-state index contributed by atoms with van der Waals surface area (Å²) in [6.45, 7) is 13.5. The molecule has 1 heteroatoms. The number of ketones is 1. The number of carbonyl (C=O) groups is 1. The Morgan fingerprint density at radius 3 is 1.83 bits per heavy atom. The predicted molar refractivity (Wildman–Crippen MR) is 80.8 cm³/mol. The number of hydrogen-bond acceptors (Lipinski definition) is 1. The number of rotatable bonds is 10. The van der Waals surface area contributed by atoms with Crippen molar-refractivity contribution in [3.05, 3.63) is 0 Å². The Labute approximate surface area is 115 Å². The maximum Gasteiger partial charge on any atom is 0.133 e. The molecule has 0 saturated carbocycles. The smallest absolute Gasteiger partial charge is 0.133 e. The van der Waals surface area contributed by atoms with Gasteiger partial charge in [0, 0.05) is 12.8 Å². The minimum absolute atomic E-state index is 0.257. The quantitative estimate of drug-likeness (QED) is 0.494. The van der Waals surface area contributed by atoms with Gasteiger partial charge in [0.15, 0.2) is 0 Å². The summed E-state index contributed by atoms with van der Waals surface area (Å²) >= 11 is 0. The number of unbranched alkanes of at least 4 members (excludes halogenated alkanes) is 1. The van der Waals surface area contributed by atoms with Gasteiger partial charge in [0.1, 0.15) is 5.78 Å². The molecule has 0 aliphatic rings. The van der Waals surface area contributed by atoms with Crippen molar-refractivity contribution in [3.63, 3.8) is 0 Å². The Morgan fingerprint density at radius 1 is 1.00 bits per heavy atom. The van der Waals surface area contributed by atoms with Crippen LogP contribution in [-0.2, 0) is 4.79 Å². The summed E-state index contributed by atoms with van der Waals surface area (Å²) in [5, 5.41) is 0. The van der Waals surface area contributed by atoms with Gasteiger partial charge >= 0.3 is 0 Å². The average molecular weight is 254 g/mol. The minimum Gasteiger partial charge on any atom is -0.300 e. The molecule has 0 radical (unpaired) electrons. The first-order chi connectivity index (χ1) is 8.35. The first kappa shape index (κ1) is 17.7. The van der Waals surface area contributed by atoms with E-state index in [9.17, 15) is 4.79 Å². The highest BCUT2D eigenvalue weighted by Crippen LogP contribution is 2.40. The summed E-state index contributed by atoms with van der Waals surface area (Å²) in [4.78, 5) is 12.1. The minimum atomic E-state index is 0.257. The third-order valence-electron chi connectivity index (χ3n) is 3.81. The highest BCUT2D eigenvalue weighted by atomic mass is 16.1. The van der Waals surface area contributed by atoms with Crippen LogP contribution < -0.4 is 0 Å². The van der Waals surface area contributed by atoms with Crippen molar-refractivity contribution < 1.29 is 4.79 Å². The normalized spacial score (nSPS) is 12.4. The SMILES string of the molecule is CCCCC(=O)CC(CC)(CC(C)C)CC(C)C. The standard InChI is InChI=1S/C17H34O/c1-7-9-10-16(18)13-17(8-2,11-14(3)4)12-15(5)6/h14-15H,7-13H2,1-6H3. The Morgan fingerprint density at radius 2 is 1.50 bits per heavy atom. The maximum atomic E-state index is 12.1. The highest BCUT2D eigenvalue weighted by molar-refractivity contribution is 5.79. The van der Waals surface area contributed by atoms with E-state index < -0.39 is 0 Å². The lowest BCUT2D eigenvalue weighted by Gasteiger charge is -2.36. The van der Waals surface area contributed by atoms with Crippen LogP contribution in [0.15, 0.2) is 0 Å². The Kier molecular flexibility index (Phi) is 8.56. The number of hydrogen-bond donors (Lipinski definition) is 0. The molecule has 0 rings (SSSR count). The Hall–Kier alpha value is -0.330. The van der Waals surface area contributed by atoms with Crippen molar-refractivity contribution in [2.75, 3.05) is 0 Å². The second-order valence-electron chi connectivity index (χ2n) is 6.87. The molecule has 0 amide bonds. The van der Waals surface area contributed by atoms with E-state index in [0.717, 1.165) is 32.1 Å². The fourth-order valence-corrected chi connectivity index (χ4v) is 3.25. The van der Waals surface area contributed by atoms with E-state index in [1.165, 1.54) is 12.8 Å². The molecule has 0 aromatic carbocycles. The van der Waals surface area contributed by atoms with E-state index in [0.29, 0.717) is 17.6 Å². The van der Waals surface area contributed by atoms with Crippen LogP contribution in [-0.4, -0.2) is 5.78 Å². The van der Waals surface area contributed by atoms with E-state index in [-0.39, 0.29) is 5.41 Å². The average Bonchev–Trinajstić information content (AvgIpc) is 2.24. The van der Waals surface area contributed by atoms with Gasteiger partial charge < -0.3 is 0 Å². The Balaban J connectivity index is 4.66. The topological polar surface area (TPSA) is 17.1 Å². The van der Waals surface area contributed by atoms with Crippen molar-refractivity contribution in [1.29, 1.82) is 0 Å². The fourth-order valence-electron chi connectivity index (χ4n) is 3.25. The molecular formula is C17H34O. The second kappa shape index (κ2) is 8.72. The fraction of sp³-hybridized carbons (Fsp3) is 0.941. The van der Waals surface area contributed by atoms with Gasteiger partial charge in [0.25, 0.3) is 0 Å². The molecule has 0 heterocycles. The first-order valence-electron chi connectivity index (χ1n) is 7.87. The van der Waals surface area contributed by atoms with Gasteiger partial charge in [-0.1, -0.05) is 54.4 Å². The summed E-state index contributed by atoms with van der Waals surface area (Å²) in [5.74, 6) is 1.85. The number of carbonyl (C=O) groups excluding carboxylic acids is 1. The van der Waals surface area contributed by atoms with E-state index in [1.807, 2.05) is 0 Å². The molecule has 0 aliphatic heterocycles. The molecule has 0 N–H and O–H groups in total. The molecule has 0 bridgehead atoms. The monoisotopic (exact) mass is 254 g/mol. The zero-order chi connectivity index (χ0) is 14.2. The van der Waals surface area contributed by atoms with Crippen molar-refractivity contribution in [2.45, 2.75) is 86.5 Å². The molecule has 0 aliphatic carbocycles. The van der Waals surface area contributed by atoms with Gasteiger partial charge in [-0.05, 0) is 36.5 Å². The molecule has 18 heavy (non-hydrogen) atoms. The van der Waals surface area contributed by atoms with Gasteiger partial charge in [0.05, 0.1) is 0 Å². The predicted octanol–water partition coefficient (Wildman–Crippen LogP) is 5.62.